The number of carbonyl (C=O) groups excluding carboxylic acids is 1. The normalized spacial score (nSPS) is 11.2. The van der Waals surface area contributed by atoms with Crippen LogP contribution in [0.3, 0.4) is 0 Å². The first-order valence-electron chi connectivity index (χ1n) is 6.76. The van der Waals surface area contributed by atoms with Crippen LogP contribution in [0.5, 0.6) is 0 Å². The van der Waals surface area contributed by atoms with Gasteiger partial charge in [-0.2, -0.15) is 0 Å². The number of pyridine rings is 1. The summed E-state index contributed by atoms with van der Waals surface area (Å²) >= 11 is 0. The fourth-order valence-corrected chi connectivity index (χ4v) is 1.68. The molecule has 5 nitrogen and oxygen atoms in total. The number of amides is 1. The SMILES string of the molecule is COCCC(C)(C)CNc1ccc(C(=O)N(C)C)cn1. The van der Waals surface area contributed by atoms with Crippen molar-refractivity contribution in [2.45, 2.75) is 20.3 Å². The Bertz CT molecular complexity index is 427. The van der Waals surface area contributed by atoms with Crippen molar-refractivity contribution in [3.05, 3.63) is 23.9 Å². The fourth-order valence-electron chi connectivity index (χ4n) is 1.68. The van der Waals surface area contributed by atoms with E-state index in [9.17, 15) is 4.79 Å². The minimum absolute atomic E-state index is 0.0375. The van der Waals surface area contributed by atoms with Gasteiger partial charge < -0.3 is 15.0 Å². The molecule has 0 atom stereocenters. The minimum Gasteiger partial charge on any atom is -0.385 e. The van der Waals surface area contributed by atoms with Crippen molar-refractivity contribution in [3.8, 4) is 0 Å². The van der Waals surface area contributed by atoms with Crippen LogP contribution < -0.4 is 5.32 Å². The van der Waals surface area contributed by atoms with Crippen LogP contribution in [0, 0.1) is 5.41 Å². The Morgan fingerprint density at radius 3 is 2.60 bits per heavy atom. The number of nitrogens with zero attached hydrogens (tertiary/aromatic N) is 2. The molecule has 112 valence electrons. The number of aromatic nitrogens is 1. The van der Waals surface area contributed by atoms with E-state index in [1.54, 1.807) is 33.5 Å². The molecule has 0 spiro atoms. The topological polar surface area (TPSA) is 54.5 Å². The Morgan fingerprint density at radius 1 is 1.40 bits per heavy atom. The van der Waals surface area contributed by atoms with Crippen LogP contribution in [-0.2, 0) is 4.74 Å². The average molecular weight is 279 g/mol. The first-order chi connectivity index (χ1) is 9.35. The number of ether oxygens (including phenoxy) is 1. The lowest BCUT2D eigenvalue weighted by Crippen LogP contribution is -2.25. The molecule has 0 radical (unpaired) electrons. The van der Waals surface area contributed by atoms with E-state index in [4.69, 9.17) is 4.74 Å². The second-order valence-corrected chi connectivity index (χ2v) is 5.89. The summed E-state index contributed by atoms with van der Waals surface area (Å²) in [6.07, 6.45) is 2.58. The van der Waals surface area contributed by atoms with Crippen LogP contribution in [0.2, 0.25) is 0 Å². The molecule has 1 aromatic rings. The molecule has 0 saturated heterocycles. The van der Waals surface area contributed by atoms with Gasteiger partial charge in [0.05, 0.1) is 5.56 Å². The lowest BCUT2D eigenvalue weighted by Gasteiger charge is -2.24. The number of methoxy groups -OCH3 is 1. The summed E-state index contributed by atoms with van der Waals surface area (Å²) < 4.78 is 5.11. The maximum Gasteiger partial charge on any atom is 0.254 e. The highest BCUT2D eigenvalue weighted by Crippen LogP contribution is 2.20. The summed E-state index contributed by atoms with van der Waals surface area (Å²) in [5.41, 5.74) is 0.731. The lowest BCUT2D eigenvalue weighted by molar-refractivity contribution is 0.0827. The monoisotopic (exact) mass is 279 g/mol. The molecular formula is C15H25N3O2. The van der Waals surface area contributed by atoms with E-state index in [0.717, 1.165) is 25.4 Å². The lowest BCUT2D eigenvalue weighted by atomic mass is 9.90. The van der Waals surface area contributed by atoms with Crippen molar-refractivity contribution >= 4 is 11.7 Å². The average Bonchev–Trinajstić information content (AvgIpc) is 2.43. The van der Waals surface area contributed by atoms with Crippen LogP contribution in [0.25, 0.3) is 0 Å². The quantitative estimate of drug-likeness (QED) is 0.832. The molecule has 0 aliphatic carbocycles. The standard InChI is InChI=1S/C15H25N3O2/c1-15(2,8-9-20-5)11-17-13-7-6-12(10-16-13)14(19)18(3)4/h6-7,10H,8-9,11H2,1-5H3,(H,16,17). The van der Waals surface area contributed by atoms with Crippen LogP contribution in [0.4, 0.5) is 5.82 Å². The van der Waals surface area contributed by atoms with E-state index < -0.39 is 0 Å². The molecule has 0 saturated carbocycles. The van der Waals surface area contributed by atoms with Gasteiger partial charge in [-0.3, -0.25) is 4.79 Å². The number of anilines is 1. The highest BCUT2D eigenvalue weighted by molar-refractivity contribution is 5.93. The number of carbonyl (C=O) groups is 1. The van der Waals surface area contributed by atoms with Crippen molar-refractivity contribution in [3.63, 3.8) is 0 Å². The van der Waals surface area contributed by atoms with Crippen LogP contribution in [-0.4, -0.2) is 50.1 Å². The van der Waals surface area contributed by atoms with Gasteiger partial charge in [-0.15, -0.1) is 0 Å². The Labute approximate surface area is 121 Å². The number of hydrogen-bond acceptors (Lipinski definition) is 4. The van der Waals surface area contributed by atoms with Crippen molar-refractivity contribution in [2.75, 3.05) is 39.7 Å². The fraction of sp³-hybridized carbons (Fsp3) is 0.600. The first kappa shape index (κ1) is 16.4. The molecule has 0 unspecified atom stereocenters. The summed E-state index contributed by atoms with van der Waals surface area (Å²) in [6, 6.07) is 3.63. The Kier molecular flexibility index (Phi) is 5.95. The van der Waals surface area contributed by atoms with Gasteiger partial charge in [0.2, 0.25) is 0 Å². The van der Waals surface area contributed by atoms with Gasteiger partial charge in [-0.1, -0.05) is 13.8 Å². The van der Waals surface area contributed by atoms with E-state index in [0.29, 0.717) is 5.56 Å². The predicted octanol–water partition coefficient (Wildman–Crippen LogP) is 2.26. The second-order valence-electron chi connectivity index (χ2n) is 5.89. The molecule has 1 heterocycles. The zero-order valence-electron chi connectivity index (χ0n) is 13.1. The molecule has 0 aliphatic rings. The van der Waals surface area contributed by atoms with E-state index in [-0.39, 0.29) is 11.3 Å². The Morgan fingerprint density at radius 2 is 2.10 bits per heavy atom. The number of nitrogens with one attached hydrogen (secondary N) is 1. The zero-order chi connectivity index (χ0) is 15.2. The molecule has 1 aromatic heterocycles. The van der Waals surface area contributed by atoms with Crippen LogP contribution in [0.1, 0.15) is 30.6 Å². The van der Waals surface area contributed by atoms with Gasteiger partial charge in [0.15, 0.2) is 0 Å². The molecule has 0 fully saturated rings. The molecule has 5 heteroatoms. The number of hydrogen-bond donors (Lipinski definition) is 1. The van der Waals surface area contributed by atoms with Gasteiger partial charge >= 0.3 is 0 Å². The summed E-state index contributed by atoms with van der Waals surface area (Å²) in [6.45, 7) is 5.93. The van der Waals surface area contributed by atoms with Crippen molar-refractivity contribution in [2.24, 2.45) is 5.41 Å². The molecule has 1 N–H and O–H groups in total. The Hall–Kier alpha value is -1.62. The van der Waals surface area contributed by atoms with Crippen molar-refractivity contribution < 1.29 is 9.53 Å². The summed E-state index contributed by atoms with van der Waals surface area (Å²) in [4.78, 5) is 17.6. The first-order valence-corrected chi connectivity index (χ1v) is 6.76. The number of rotatable bonds is 7. The maximum absolute atomic E-state index is 11.7. The minimum atomic E-state index is -0.0375. The molecule has 0 bridgehead atoms. The third kappa shape index (κ3) is 5.17. The van der Waals surface area contributed by atoms with Gasteiger partial charge in [0, 0.05) is 40.6 Å². The van der Waals surface area contributed by atoms with E-state index >= 15 is 0 Å². The third-order valence-corrected chi connectivity index (χ3v) is 3.15. The van der Waals surface area contributed by atoms with Gasteiger partial charge in [-0.05, 0) is 24.0 Å². The van der Waals surface area contributed by atoms with Crippen molar-refractivity contribution in [1.29, 1.82) is 0 Å². The molecule has 1 amide bonds. The largest absolute Gasteiger partial charge is 0.385 e. The summed E-state index contributed by atoms with van der Waals surface area (Å²) in [5, 5.41) is 3.30. The highest BCUT2D eigenvalue weighted by Gasteiger charge is 2.17. The molecule has 0 aliphatic heterocycles. The molecule has 0 aromatic carbocycles. The molecule has 1 rings (SSSR count). The third-order valence-electron chi connectivity index (χ3n) is 3.15. The van der Waals surface area contributed by atoms with Crippen molar-refractivity contribution in [1.82, 2.24) is 9.88 Å². The van der Waals surface area contributed by atoms with Gasteiger partial charge in [-0.25, -0.2) is 4.98 Å². The Balaban J connectivity index is 2.56. The van der Waals surface area contributed by atoms with E-state index in [1.165, 1.54) is 4.90 Å². The van der Waals surface area contributed by atoms with Gasteiger partial charge in [0.25, 0.3) is 5.91 Å². The smallest absolute Gasteiger partial charge is 0.254 e. The summed E-state index contributed by atoms with van der Waals surface area (Å²) in [7, 11) is 5.17. The van der Waals surface area contributed by atoms with Crippen LogP contribution in [0.15, 0.2) is 18.3 Å². The van der Waals surface area contributed by atoms with E-state index in [2.05, 4.69) is 24.1 Å². The van der Waals surface area contributed by atoms with E-state index in [1.807, 2.05) is 6.07 Å². The highest BCUT2D eigenvalue weighted by atomic mass is 16.5. The molecular weight excluding hydrogens is 254 g/mol. The zero-order valence-corrected chi connectivity index (χ0v) is 13.1. The summed E-state index contributed by atoms with van der Waals surface area (Å²) in [5.74, 6) is 0.746. The molecule has 20 heavy (non-hydrogen) atoms. The van der Waals surface area contributed by atoms with Crippen LogP contribution >= 0.6 is 0 Å². The maximum atomic E-state index is 11.7. The van der Waals surface area contributed by atoms with Gasteiger partial charge in [0.1, 0.15) is 5.82 Å². The predicted molar refractivity (Wildman–Crippen MR) is 81.0 cm³/mol. The second kappa shape index (κ2) is 7.24.